The maximum atomic E-state index is 11.9. The third kappa shape index (κ3) is 11.1. The van der Waals surface area contributed by atoms with Gasteiger partial charge in [-0.25, -0.2) is 4.79 Å². The van der Waals surface area contributed by atoms with Gasteiger partial charge in [-0.15, -0.1) is 0 Å². The average Bonchev–Trinajstić information content (AvgIpc) is 2.36. The second-order valence-corrected chi connectivity index (χ2v) is 6.32. The van der Waals surface area contributed by atoms with Gasteiger partial charge in [-0.1, -0.05) is 19.8 Å². The molecule has 0 unspecified atom stereocenters. The van der Waals surface area contributed by atoms with E-state index in [1.807, 2.05) is 0 Å². The highest BCUT2D eigenvalue weighted by atomic mass is 16.6. The van der Waals surface area contributed by atoms with E-state index in [2.05, 4.69) is 17.0 Å². The minimum Gasteiger partial charge on any atom is -0.469 e. The molecule has 0 aliphatic carbocycles. The molecule has 0 aliphatic heterocycles. The Morgan fingerprint density at radius 3 is 2.23 bits per heavy atom. The van der Waals surface area contributed by atoms with Crippen LogP contribution in [0.2, 0.25) is 0 Å². The van der Waals surface area contributed by atoms with Gasteiger partial charge in [0.1, 0.15) is 11.4 Å². The van der Waals surface area contributed by atoms with E-state index in [1.54, 1.807) is 20.8 Å². The molecule has 0 fully saturated rings. The van der Waals surface area contributed by atoms with Gasteiger partial charge in [0.05, 0.1) is 13.5 Å². The normalized spacial score (nSPS) is 12.4. The van der Waals surface area contributed by atoms with E-state index >= 15 is 0 Å². The SMILES string of the molecule is CCCCCC(=O)C[C@H](CC(=O)OC)NC(=O)OC(C)(C)C. The standard InChI is InChI=1S/C16H29NO5/c1-6-7-8-9-13(18)10-12(11-14(19)21-5)17-15(20)22-16(2,3)4/h12H,6-11H2,1-5H3,(H,17,20)/t12-/m1/s1. The van der Waals surface area contributed by atoms with Crippen LogP contribution in [0.3, 0.4) is 0 Å². The molecular formula is C16H29NO5. The Kier molecular flexibility index (Phi) is 9.45. The van der Waals surface area contributed by atoms with Crippen molar-refractivity contribution in [3.05, 3.63) is 0 Å². The van der Waals surface area contributed by atoms with Gasteiger partial charge < -0.3 is 14.8 Å². The summed E-state index contributed by atoms with van der Waals surface area (Å²) in [6, 6.07) is -0.601. The molecule has 0 heterocycles. The number of nitrogens with one attached hydrogen (secondary N) is 1. The minimum absolute atomic E-state index is 0.0263. The van der Waals surface area contributed by atoms with Crippen molar-refractivity contribution in [2.75, 3.05) is 7.11 Å². The van der Waals surface area contributed by atoms with E-state index in [1.165, 1.54) is 7.11 Å². The Morgan fingerprint density at radius 2 is 1.73 bits per heavy atom. The van der Waals surface area contributed by atoms with E-state index in [9.17, 15) is 14.4 Å². The van der Waals surface area contributed by atoms with Gasteiger partial charge in [-0.3, -0.25) is 9.59 Å². The molecule has 0 saturated heterocycles. The minimum atomic E-state index is -0.636. The lowest BCUT2D eigenvalue weighted by Gasteiger charge is -2.23. The Labute approximate surface area is 132 Å². The fraction of sp³-hybridized carbons (Fsp3) is 0.812. The maximum absolute atomic E-state index is 11.9. The van der Waals surface area contributed by atoms with Gasteiger partial charge in [-0.05, 0) is 27.2 Å². The zero-order valence-electron chi connectivity index (χ0n) is 14.4. The third-order valence-corrected chi connectivity index (χ3v) is 2.89. The summed E-state index contributed by atoms with van der Waals surface area (Å²) in [5, 5.41) is 2.58. The van der Waals surface area contributed by atoms with Crippen LogP contribution in [0.1, 0.15) is 66.2 Å². The lowest BCUT2D eigenvalue weighted by molar-refractivity contribution is -0.141. The number of ether oxygens (including phenoxy) is 2. The first-order chi connectivity index (χ1) is 10.2. The molecular weight excluding hydrogens is 286 g/mol. The van der Waals surface area contributed by atoms with Gasteiger partial charge in [0, 0.05) is 18.9 Å². The Balaban J connectivity index is 4.52. The fourth-order valence-corrected chi connectivity index (χ4v) is 1.88. The number of carbonyl (C=O) groups is 3. The monoisotopic (exact) mass is 315 g/mol. The summed E-state index contributed by atoms with van der Waals surface area (Å²) in [6.45, 7) is 7.31. The molecule has 0 saturated carbocycles. The van der Waals surface area contributed by atoms with Crippen molar-refractivity contribution in [2.24, 2.45) is 0 Å². The zero-order chi connectivity index (χ0) is 17.2. The molecule has 128 valence electrons. The number of Topliss-reactive ketones (excluding diaryl/α,β-unsaturated/α-hetero) is 1. The van der Waals surface area contributed by atoms with Crippen LogP contribution in [0, 0.1) is 0 Å². The van der Waals surface area contributed by atoms with Crippen LogP contribution >= 0.6 is 0 Å². The van der Waals surface area contributed by atoms with E-state index < -0.39 is 23.7 Å². The van der Waals surface area contributed by atoms with Crippen LogP contribution in [0.4, 0.5) is 4.79 Å². The number of carbonyl (C=O) groups excluding carboxylic acids is 3. The molecule has 22 heavy (non-hydrogen) atoms. The van der Waals surface area contributed by atoms with Gasteiger partial charge >= 0.3 is 12.1 Å². The molecule has 1 atom stereocenters. The van der Waals surface area contributed by atoms with E-state index in [4.69, 9.17) is 4.74 Å². The van der Waals surface area contributed by atoms with Crippen molar-refractivity contribution >= 4 is 17.8 Å². The maximum Gasteiger partial charge on any atom is 0.407 e. The molecule has 0 radical (unpaired) electrons. The van der Waals surface area contributed by atoms with Crippen LogP contribution in [-0.2, 0) is 19.1 Å². The van der Waals surface area contributed by atoms with E-state index in [-0.39, 0.29) is 18.6 Å². The first-order valence-corrected chi connectivity index (χ1v) is 7.76. The number of amides is 1. The van der Waals surface area contributed by atoms with Crippen molar-refractivity contribution in [1.29, 1.82) is 0 Å². The second-order valence-electron chi connectivity index (χ2n) is 6.32. The highest BCUT2D eigenvalue weighted by Crippen LogP contribution is 2.10. The molecule has 0 aromatic rings. The smallest absolute Gasteiger partial charge is 0.407 e. The summed E-state index contributed by atoms with van der Waals surface area (Å²) in [6.07, 6.45) is 2.74. The first-order valence-electron chi connectivity index (χ1n) is 7.76. The molecule has 0 aromatic heterocycles. The number of esters is 1. The quantitative estimate of drug-likeness (QED) is 0.522. The van der Waals surface area contributed by atoms with E-state index in [0.29, 0.717) is 6.42 Å². The van der Waals surface area contributed by atoms with Crippen molar-refractivity contribution < 1.29 is 23.9 Å². The van der Waals surface area contributed by atoms with Gasteiger partial charge in [0.15, 0.2) is 0 Å². The van der Waals surface area contributed by atoms with Crippen LogP contribution in [0.25, 0.3) is 0 Å². The van der Waals surface area contributed by atoms with Crippen LogP contribution in [0.5, 0.6) is 0 Å². The van der Waals surface area contributed by atoms with Crippen molar-refractivity contribution in [3.8, 4) is 0 Å². The van der Waals surface area contributed by atoms with Crippen LogP contribution < -0.4 is 5.32 Å². The average molecular weight is 315 g/mol. The van der Waals surface area contributed by atoms with Crippen molar-refractivity contribution in [3.63, 3.8) is 0 Å². The fourth-order valence-electron chi connectivity index (χ4n) is 1.88. The van der Waals surface area contributed by atoms with Gasteiger partial charge in [-0.2, -0.15) is 0 Å². The number of alkyl carbamates (subject to hydrolysis) is 1. The number of rotatable bonds is 9. The Morgan fingerprint density at radius 1 is 1.09 bits per heavy atom. The number of unbranched alkanes of at least 4 members (excludes halogenated alkanes) is 2. The predicted molar refractivity (Wildman–Crippen MR) is 83.6 cm³/mol. The van der Waals surface area contributed by atoms with E-state index in [0.717, 1.165) is 19.3 Å². The Bertz CT molecular complexity index is 373. The lowest BCUT2D eigenvalue weighted by atomic mass is 10.0. The largest absolute Gasteiger partial charge is 0.469 e. The zero-order valence-corrected chi connectivity index (χ0v) is 14.4. The third-order valence-electron chi connectivity index (χ3n) is 2.89. The topological polar surface area (TPSA) is 81.7 Å². The second kappa shape index (κ2) is 10.2. The molecule has 0 aromatic carbocycles. The number of ketones is 1. The molecule has 0 bridgehead atoms. The lowest BCUT2D eigenvalue weighted by Crippen LogP contribution is -2.41. The molecule has 0 rings (SSSR count). The summed E-state index contributed by atoms with van der Waals surface area (Å²) < 4.78 is 9.75. The summed E-state index contributed by atoms with van der Waals surface area (Å²) in [4.78, 5) is 35.1. The van der Waals surface area contributed by atoms with Crippen LogP contribution in [-0.4, -0.2) is 36.6 Å². The highest BCUT2D eigenvalue weighted by molar-refractivity contribution is 5.81. The number of hydrogen-bond acceptors (Lipinski definition) is 5. The summed E-state index contributed by atoms with van der Waals surface area (Å²) in [5.74, 6) is -0.444. The summed E-state index contributed by atoms with van der Waals surface area (Å²) in [5.41, 5.74) is -0.634. The molecule has 6 heteroatoms. The van der Waals surface area contributed by atoms with Gasteiger partial charge in [0.25, 0.3) is 0 Å². The predicted octanol–water partition coefficient (Wildman–Crippen LogP) is 2.98. The van der Waals surface area contributed by atoms with Gasteiger partial charge in [0.2, 0.25) is 0 Å². The Hall–Kier alpha value is -1.59. The molecule has 0 spiro atoms. The first kappa shape index (κ1) is 20.4. The summed E-state index contributed by atoms with van der Waals surface area (Å²) in [7, 11) is 1.27. The number of hydrogen-bond donors (Lipinski definition) is 1. The molecule has 1 N–H and O–H groups in total. The van der Waals surface area contributed by atoms with Crippen LogP contribution in [0.15, 0.2) is 0 Å². The summed E-state index contributed by atoms with van der Waals surface area (Å²) >= 11 is 0. The number of methoxy groups -OCH3 is 1. The molecule has 0 aliphatic rings. The highest BCUT2D eigenvalue weighted by Gasteiger charge is 2.23. The van der Waals surface area contributed by atoms with Crippen molar-refractivity contribution in [1.82, 2.24) is 5.32 Å². The molecule has 6 nitrogen and oxygen atoms in total. The van der Waals surface area contributed by atoms with Crippen molar-refractivity contribution in [2.45, 2.75) is 77.9 Å². The molecule has 1 amide bonds.